The number of amides is 1. The van der Waals surface area contributed by atoms with Crippen LogP contribution in [0.3, 0.4) is 0 Å². The Morgan fingerprint density at radius 3 is 2.81 bits per heavy atom. The van der Waals surface area contributed by atoms with E-state index in [9.17, 15) is 9.59 Å². The molecule has 0 fully saturated rings. The molecule has 0 spiro atoms. The van der Waals surface area contributed by atoms with Crippen LogP contribution >= 0.6 is 11.6 Å². The highest BCUT2D eigenvalue weighted by Crippen LogP contribution is 2.38. The fourth-order valence-corrected chi connectivity index (χ4v) is 2.82. The summed E-state index contributed by atoms with van der Waals surface area (Å²) in [5.41, 5.74) is 1.39. The molecule has 0 unspecified atom stereocenters. The molecule has 0 bridgehead atoms. The molecule has 0 atom stereocenters. The van der Waals surface area contributed by atoms with Crippen molar-refractivity contribution in [3.63, 3.8) is 0 Å². The number of aromatic nitrogens is 2. The van der Waals surface area contributed by atoms with E-state index < -0.39 is 11.9 Å². The van der Waals surface area contributed by atoms with Gasteiger partial charge in [-0.15, -0.1) is 0 Å². The predicted molar refractivity (Wildman–Crippen MR) is 93.7 cm³/mol. The molecule has 8 nitrogen and oxygen atoms in total. The molecule has 2 heterocycles. The van der Waals surface area contributed by atoms with Crippen molar-refractivity contribution >= 4 is 29.3 Å². The Morgan fingerprint density at radius 2 is 2.08 bits per heavy atom. The number of esters is 1. The molecule has 1 aromatic carbocycles. The molecule has 9 heteroatoms. The zero-order valence-corrected chi connectivity index (χ0v) is 15.1. The number of benzene rings is 1. The number of carbonyl (C=O) groups is 2. The molecule has 1 N–H and O–H groups in total. The van der Waals surface area contributed by atoms with Crippen LogP contribution in [0.1, 0.15) is 11.3 Å². The number of hydrogen-bond donors (Lipinski definition) is 1. The van der Waals surface area contributed by atoms with Crippen LogP contribution in [0.15, 0.2) is 18.2 Å². The van der Waals surface area contributed by atoms with E-state index in [2.05, 4.69) is 10.4 Å². The SMILES string of the molecule is Cc1cc(NC(=O)COC(=O)Cc2cc(Cl)c3c(c2)OCCO3)n(C)n1. The number of anilines is 1. The van der Waals surface area contributed by atoms with Gasteiger partial charge >= 0.3 is 5.97 Å². The molecular weight excluding hydrogens is 362 g/mol. The highest BCUT2D eigenvalue weighted by atomic mass is 35.5. The van der Waals surface area contributed by atoms with Crippen LogP contribution in [0.5, 0.6) is 11.5 Å². The summed E-state index contributed by atoms with van der Waals surface area (Å²) >= 11 is 6.14. The summed E-state index contributed by atoms with van der Waals surface area (Å²) in [5, 5.41) is 7.11. The molecule has 0 saturated heterocycles. The lowest BCUT2D eigenvalue weighted by atomic mass is 10.1. The molecule has 2 aromatic rings. The highest BCUT2D eigenvalue weighted by Gasteiger charge is 2.18. The molecule has 1 aromatic heterocycles. The number of carbonyl (C=O) groups excluding carboxylic acids is 2. The van der Waals surface area contributed by atoms with Crippen molar-refractivity contribution in [2.24, 2.45) is 7.05 Å². The average Bonchev–Trinajstić information content (AvgIpc) is 2.90. The summed E-state index contributed by atoms with van der Waals surface area (Å²) in [6, 6.07) is 5.02. The van der Waals surface area contributed by atoms with Crippen molar-refractivity contribution in [2.75, 3.05) is 25.1 Å². The molecule has 0 radical (unpaired) electrons. The maximum atomic E-state index is 12.0. The topological polar surface area (TPSA) is 91.7 Å². The molecule has 3 rings (SSSR count). The summed E-state index contributed by atoms with van der Waals surface area (Å²) < 4.78 is 17.4. The van der Waals surface area contributed by atoms with E-state index in [1.165, 1.54) is 4.68 Å². The van der Waals surface area contributed by atoms with Crippen LogP contribution in [0.25, 0.3) is 0 Å². The van der Waals surface area contributed by atoms with Crippen molar-refractivity contribution in [1.82, 2.24) is 9.78 Å². The molecule has 26 heavy (non-hydrogen) atoms. The van der Waals surface area contributed by atoms with E-state index in [0.717, 1.165) is 5.69 Å². The normalized spacial score (nSPS) is 12.6. The third-order valence-corrected chi connectivity index (χ3v) is 3.92. The number of rotatable bonds is 5. The molecule has 1 aliphatic rings. The fourth-order valence-electron chi connectivity index (χ4n) is 2.54. The smallest absolute Gasteiger partial charge is 0.310 e. The van der Waals surface area contributed by atoms with Gasteiger partial charge in [-0.2, -0.15) is 5.10 Å². The van der Waals surface area contributed by atoms with E-state index in [4.69, 9.17) is 25.8 Å². The lowest BCUT2D eigenvalue weighted by molar-refractivity contribution is -0.146. The number of nitrogens with zero attached hydrogens (tertiary/aromatic N) is 2. The number of hydrogen-bond acceptors (Lipinski definition) is 6. The second kappa shape index (κ2) is 7.65. The monoisotopic (exact) mass is 379 g/mol. The van der Waals surface area contributed by atoms with Gasteiger partial charge in [0.1, 0.15) is 19.0 Å². The first kappa shape index (κ1) is 18.1. The first-order valence-electron chi connectivity index (χ1n) is 7.96. The maximum absolute atomic E-state index is 12.0. The van der Waals surface area contributed by atoms with Crippen molar-refractivity contribution < 1.29 is 23.8 Å². The Hall–Kier alpha value is -2.74. The molecule has 138 valence electrons. The van der Waals surface area contributed by atoms with Gasteiger partial charge in [-0.05, 0) is 24.6 Å². The number of aryl methyl sites for hydroxylation is 2. The third kappa shape index (κ3) is 4.26. The van der Waals surface area contributed by atoms with Gasteiger partial charge < -0.3 is 19.5 Å². The van der Waals surface area contributed by atoms with Gasteiger partial charge in [0.2, 0.25) is 0 Å². The van der Waals surface area contributed by atoms with E-state index >= 15 is 0 Å². The minimum absolute atomic E-state index is 0.0333. The number of nitrogens with one attached hydrogen (secondary N) is 1. The largest absolute Gasteiger partial charge is 0.486 e. The van der Waals surface area contributed by atoms with Gasteiger partial charge in [0.15, 0.2) is 18.1 Å². The zero-order valence-electron chi connectivity index (χ0n) is 14.4. The van der Waals surface area contributed by atoms with E-state index in [1.54, 1.807) is 25.2 Å². The van der Waals surface area contributed by atoms with Gasteiger partial charge in [-0.25, -0.2) is 0 Å². The standard InChI is InChI=1S/C17H18ClN3O5/c1-10-5-14(21(2)20-10)19-15(22)9-26-16(23)8-11-6-12(18)17-13(7-11)24-3-4-25-17/h5-7H,3-4,8-9H2,1-2H3,(H,19,22). The van der Waals surface area contributed by atoms with Crippen LogP contribution in [0, 0.1) is 6.92 Å². The average molecular weight is 380 g/mol. The minimum Gasteiger partial charge on any atom is -0.486 e. The minimum atomic E-state index is -0.547. The molecule has 1 aliphatic heterocycles. The lowest BCUT2D eigenvalue weighted by Crippen LogP contribution is -2.23. The van der Waals surface area contributed by atoms with E-state index in [-0.39, 0.29) is 13.0 Å². The van der Waals surface area contributed by atoms with Crippen molar-refractivity contribution in [2.45, 2.75) is 13.3 Å². The summed E-state index contributed by atoms with van der Waals surface area (Å²) in [7, 11) is 1.71. The Morgan fingerprint density at radius 1 is 1.31 bits per heavy atom. The van der Waals surface area contributed by atoms with Crippen LogP contribution in [0.4, 0.5) is 5.82 Å². The van der Waals surface area contributed by atoms with Gasteiger partial charge in [0, 0.05) is 13.1 Å². The third-order valence-electron chi connectivity index (χ3n) is 3.64. The summed E-state index contributed by atoms with van der Waals surface area (Å²) in [6.07, 6.45) is -0.0333. The van der Waals surface area contributed by atoms with Crippen molar-refractivity contribution in [3.05, 3.63) is 34.5 Å². The number of fused-ring (bicyclic) bond motifs is 1. The van der Waals surface area contributed by atoms with Gasteiger partial charge in [-0.3, -0.25) is 14.3 Å². The first-order valence-corrected chi connectivity index (χ1v) is 8.34. The van der Waals surface area contributed by atoms with Gasteiger partial charge in [0.25, 0.3) is 5.91 Å². The summed E-state index contributed by atoms with van der Waals surface area (Å²) in [4.78, 5) is 23.9. The van der Waals surface area contributed by atoms with Gasteiger partial charge in [0.05, 0.1) is 17.1 Å². The Kier molecular flexibility index (Phi) is 5.32. The molecule has 1 amide bonds. The summed E-state index contributed by atoms with van der Waals surface area (Å²) in [5.74, 6) is 0.509. The second-order valence-corrected chi connectivity index (χ2v) is 6.19. The summed E-state index contributed by atoms with van der Waals surface area (Å²) in [6.45, 7) is 2.28. The maximum Gasteiger partial charge on any atom is 0.310 e. The Labute approximate surface area is 155 Å². The fraction of sp³-hybridized carbons (Fsp3) is 0.353. The van der Waals surface area contributed by atoms with E-state index in [1.807, 2.05) is 6.92 Å². The second-order valence-electron chi connectivity index (χ2n) is 5.78. The molecule has 0 saturated carbocycles. The number of halogens is 1. The van der Waals surface area contributed by atoms with Crippen molar-refractivity contribution in [1.29, 1.82) is 0 Å². The Balaban J connectivity index is 1.53. The van der Waals surface area contributed by atoms with Crippen LogP contribution in [-0.4, -0.2) is 41.5 Å². The molecule has 0 aliphatic carbocycles. The highest BCUT2D eigenvalue weighted by molar-refractivity contribution is 6.32. The number of ether oxygens (including phenoxy) is 3. The van der Waals surface area contributed by atoms with E-state index in [0.29, 0.717) is 41.1 Å². The first-order chi connectivity index (χ1) is 12.4. The van der Waals surface area contributed by atoms with Crippen LogP contribution < -0.4 is 14.8 Å². The van der Waals surface area contributed by atoms with Gasteiger partial charge in [-0.1, -0.05) is 11.6 Å². The van der Waals surface area contributed by atoms with Crippen LogP contribution in [-0.2, 0) is 27.8 Å². The lowest BCUT2D eigenvalue weighted by Gasteiger charge is -2.20. The van der Waals surface area contributed by atoms with Crippen LogP contribution in [0.2, 0.25) is 5.02 Å². The van der Waals surface area contributed by atoms with Crippen molar-refractivity contribution in [3.8, 4) is 11.5 Å². The quantitative estimate of drug-likeness (QED) is 0.797. The predicted octanol–water partition coefficient (Wildman–Crippen LogP) is 1.88. The zero-order chi connectivity index (χ0) is 18.7. The molecular formula is C17H18ClN3O5. The Bertz CT molecular complexity index is 849.